The molecule has 0 unspecified atom stereocenters. The fourth-order valence-corrected chi connectivity index (χ4v) is 2.95. The summed E-state index contributed by atoms with van der Waals surface area (Å²) in [5, 5.41) is 11.7. The van der Waals surface area contributed by atoms with Gasteiger partial charge in [-0.15, -0.1) is 5.10 Å². The van der Waals surface area contributed by atoms with Gasteiger partial charge in [-0.1, -0.05) is 11.3 Å². The Labute approximate surface area is 135 Å². The molecule has 2 atom stereocenters. The second-order valence-corrected chi connectivity index (χ2v) is 5.66. The molecule has 1 saturated heterocycles. The number of likely N-dealkylation sites (N-methyl/N-ethyl adjacent to an activating group) is 1. The Bertz CT molecular complexity index is 652. The molecule has 0 spiro atoms. The van der Waals surface area contributed by atoms with Crippen LogP contribution in [0.4, 0.5) is 0 Å². The lowest BCUT2D eigenvalue weighted by atomic mass is 10.1. The van der Waals surface area contributed by atoms with E-state index in [9.17, 15) is 4.79 Å². The number of nitrogens with one attached hydrogen (secondary N) is 1. The quantitative estimate of drug-likeness (QED) is 0.895. The molecule has 7 nitrogen and oxygen atoms in total. The van der Waals surface area contributed by atoms with Crippen LogP contribution in [-0.2, 0) is 4.79 Å². The van der Waals surface area contributed by atoms with Crippen molar-refractivity contribution in [3.63, 3.8) is 0 Å². The smallest absolute Gasteiger partial charge is 0.239 e. The summed E-state index contributed by atoms with van der Waals surface area (Å²) in [6.07, 6.45) is 4.38. The molecule has 2 aromatic rings. The van der Waals surface area contributed by atoms with Gasteiger partial charge in [0.25, 0.3) is 0 Å². The normalized spacial score (nSPS) is 20.6. The molecule has 1 amide bonds. The predicted octanol–water partition coefficient (Wildman–Crippen LogP) is 1.11. The topological polar surface area (TPSA) is 75.9 Å². The van der Waals surface area contributed by atoms with Crippen molar-refractivity contribution < 1.29 is 4.79 Å². The first-order valence-electron chi connectivity index (χ1n) is 8.08. The third-order valence-corrected chi connectivity index (χ3v) is 4.29. The lowest BCUT2D eigenvalue weighted by Crippen LogP contribution is -2.43. The largest absolute Gasteiger partial charge is 0.342 e. The molecule has 0 bridgehead atoms. The fraction of sp³-hybridized carbons (Fsp3) is 0.500. The van der Waals surface area contributed by atoms with Crippen molar-refractivity contribution in [1.29, 1.82) is 0 Å². The summed E-state index contributed by atoms with van der Waals surface area (Å²) < 4.78 is 1.84. The van der Waals surface area contributed by atoms with Crippen LogP contribution in [0.3, 0.4) is 0 Å². The Hall–Kier alpha value is -2.28. The molecular weight excluding hydrogens is 292 g/mol. The number of hydrogen-bond donors (Lipinski definition) is 1. The second-order valence-electron chi connectivity index (χ2n) is 5.66. The van der Waals surface area contributed by atoms with Crippen LogP contribution in [-0.4, -0.2) is 56.5 Å². The highest BCUT2D eigenvalue weighted by Gasteiger charge is 2.33. The molecule has 122 valence electrons. The lowest BCUT2D eigenvalue weighted by molar-refractivity contribution is -0.132. The molecule has 0 radical (unpaired) electrons. The zero-order valence-electron chi connectivity index (χ0n) is 13.5. The van der Waals surface area contributed by atoms with Gasteiger partial charge >= 0.3 is 0 Å². The highest BCUT2D eigenvalue weighted by molar-refractivity contribution is 5.82. The summed E-state index contributed by atoms with van der Waals surface area (Å²) in [6.45, 7) is 6.22. The summed E-state index contributed by atoms with van der Waals surface area (Å²) in [7, 11) is 0. The summed E-state index contributed by atoms with van der Waals surface area (Å²) >= 11 is 0. The third-order valence-electron chi connectivity index (χ3n) is 4.29. The predicted molar refractivity (Wildman–Crippen MR) is 86.6 cm³/mol. The maximum absolute atomic E-state index is 12.4. The van der Waals surface area contributed by atoms with Crippen LogP contribution >= 0.6 is 0 Å². The Balaban J connectivity index is 1.68. The van der Waals surface area contributed by atoms with Gasteiger partial charge < -0.3 is 10.2 Å². The summed E-state index contributed by atoms with van der Waals surface area (Å²) in [5.74, 6) is 0.169. The van der Waals surface area contributed by atoms with Crippen LogP contribution in [0.25, 0.3) is 11.4 Å². The van der Waals surface area contributed by atoms with Crippen molar-refractivity contribution >= 4 is 5.91 Å². The molecule has 7 heteroatoms. The van der Waals surface area contributed by atoms with E-state index in [2.05, 4.69) is 20.6 Å². The highest BCUT2D eigenvalue weighted by atomic mass is 16.2. The first-order valence-corrected chi connectivity index (χ1v) is 8.08. The van der Waals surface area contributed by atoms with Gasteiger partial charge in [-0.3, -0.25) is 9.78 Å². The third kappa shape index (κ3) is 3.24. The molecule has 0 aromatic carbocycles. The van der Waals surface area contributed by atoms with Gasteiger partial charge in [-0.05, 0) is 32.4 Å². The molecule has 1 N–H and O–H groups in total. The van der Waals surface area contributed by atoms with Crippen molar-refractivity contribution in [2.24, 2.45) is 0 Å². The molecule has 3 heterocycles. The minimum absolute atomic E-state index is 0.137. The minimum Gasteiger partial charge on any atom is -0.342 e. The SMILES string of the molecule is CCN(CC)C(=O)[C@@H]1C[C@H](n2cc(-c3ccccn3)nn2)CN1. The van der Waals surface area contributed by atoms with E-state index < -0.39 is 0 Å². The van der Waals surface area contributed by atoms with Crippen molar-refractivity contribution in [1.82, 2.24) is 30.2 Å². The van der Waals surface area contributed by atoms with Crippen molar-refractivity contribution in [3.05, 3.63) is 30.6 Å². The van der Waals surface area contributed by atoms with E-state index in [1.807, 2.05) is 47.8 Å². The lowest BCUT2D eigenvalue weighted by Gasteiger charge is -2.22. The Morgan fingerprint density at radius 2 is 2.17 bits per heavy atom. The monoisotopic (exact) mass is 314 g/mol. The van der Waals surface area contributed by atoms with Crippen molar-refractivity contribution in [3.8, 4) is 11.4 Å². The van der Waals surface area contributed by atoms with E-state index in [-0.39, 0.29) is 18.0 Å². The number of nitrogens with zero attached hydrogens (tertiary/aromatic N) is 5. The van der Waals surface area contributed by atoms with Crippen LogP contribution in [0.15, 0.2) is 30.6 Å². The van der Waals surface area contributed by atoms with Gasteiger partial charge in [0.15, 0.2) is 0 Å². The van der Waals surface area contributed by atoms with Gasteiger partial charge in [0.1, 0.15) is 5.69 Å². The molecule has 0 saturated carbocycles. The zero-order valence-corrected chi connectivity index (χ0v) is 13.5. The molecule has 23 heavy (non-hydrogen) atoms. The number of amides is 1. The average Bonchev–Trinajstić information content (AvgIpc) is 3.26. The van der Waals surface area contributed by atoms with E-state index >= 15 is 0 Å². The zero-order chi connectivity index (χ0) is 16.2. The van der Waals surface area contributed by atoms with E-state index in [4.69, 9.17) is 0 Å². The fourth-order valence-electron chi connectivity index (χ4n) is 2.95. The Morgan fingerprint density at radius 1 is 1.35 bits per heavy atom. The Kier molecular flexibility index (Phi) is 4.66. The van der Waals surface area contributed by atoms with E-state index in [1.54, 1.807) is 6.20 Å². The van der Waals surface area contributed by atoms with Gasteiger partial charge in [0.05, 0.1) is 24.0 Å². The maximum Gasteiger partial charge on any atom is 0.239 e. The second kappa shape index (κ2) is 6.87. The van der Waals surface area contributed by atoms with E-state index in [0.29, 0.717) is 0 Å². The van der Waals surface area contributed by atoms with Crippen LogP contribution in [0, 0.1) is 0 Å². The minimum atomic E-state index is -0.137. The van der Waals surface area contributed by atoms with Crippen LogP contribution in [0.5, 0.6) is 0 Å². The summed E-state index contributed by atoms with van der Waals surface area (Å²) in [6, 6.07) is 5.72. The van der Waals surface area contributed by atoms with E-state index in [0.717, 1.165) is 37.4 Å². The van der Waals surface area contributed by atoms with Gasteiger partial charge in [0.2, 0.25) is 5.91 Å². The van der Waals surface area contributed by atoms with Gasteiger partial charge in [-0.25, -0.2) is 4.68 Å². The number of pyridine rings is 1. The summed E-state index contributed by atoms with van der Waals surface area (Å²) in [5.41, 5.74) is 1.56. The van der Waals surface area contributed by atoms with Gasteiger partial charge in [-0.2, -0.15) is 0 Å². The average molecular weight is 314 g/mol. The van der Waals surface area contributed by atoms with Crippen LogP contribution < -0.4 is 5.32 Å². The first-order chi connectivity index (χ1) is 11.2. The summed E-state index contributed by atoms with van der Waals surface area (Å²) in [4.78, 5) is 18.6. The molecule has 1 fully saturated rings. The molecule has 1 aliphatic rings. The Morgan fingerprint density at radius 3 is 2.87 bits per heavy atom. The number of hydrogen-bond acceptors (Lipinski definition) is 5. The molecule has 2 aromatic heterocycles. The van der Waals surface area contributed by atoms with Crippen LogP contribution in [0.1, 0.15) is 26.3 Å². The molecular formula is C16H22N6O. The number of rotatable bonds is 5. The first kappa shape index (κ1) is 15.6. The number of aromatic nitrogens is 4. The standard InChI is InChI=1S/C16H22N6O/c1-3-21(4-2)16(23)14-9-12(10-18-14)22-11-15(19-20-22)13-7-5-6-8-17-13/h5-8,11-12,14,18H,3-4,9-10H2,1-2H3/t12-,14-/m0/s1. The molecule has 1 aliphatic heterocycles. The maximum atomic E-state index is 12.4. The molecule has 3 rings (SSSR count). The molecule has 0 aliphatic carbocycles. The van der Waals surface area contributed by atoms with Gasteiger partial charge in [0, 0.05) is 25.8 Å². The highest BCUT2D eigenvalue weighted by Crippen LogP contribution is 2.22. The number of carbonyl (C=O) groups excluding carboxylic acids is 1. The van der Waals surface area contributed by atoms with Crippen LogP contribution in [0.2, 0.25) is 0 Å². The number of carbonyl (C=O) groups is 1. The van der Waals surface area contributed by atoms with Crippen molar-refractivity contribution in [2.45, 2.75) is 32.4 Å². The van der Waals surface area contributed by atoms with E-state index in [1.165, 1.54) is 0 Å². The van der Waals surface area contributed by atoms with Crippen molar-refractivity contribution in [2.75, 3.05) is 19.6 Å².